The van der Waals surface area contributed by atoms with Crippen molar-refractivity contribution in [1.29, 1.82) is 0 Å². The summed E-state index contributed by atoms with van der Waals surface area (Å²) in [5.74, 6) is -0.373. The maximum Gasteiger partial charge on any atom is 0.156 e. The van der Waals surface area contributed by atoms with Gasteiger partial charge in [0, 0.05) is 11.6 Å². The van der Waals surface area contributed by atoms with E-state index in [2.05, 4.69) is 32.5 Å². The third-order valence-electron chi connectivity index (χ3n) is 5.40. The number of benzene rings is 1. The first-order valence-corrected chi connectivity index (χ1v) is 9.61. The van der Waals surface area contributed by atoms with E-state index in [1.807, 2.05) is 32.2 Å². The minimum atomic E-state index is -0.373. The Bertz CT molecular complexity index is 1190. The van der Waals surface area contributed by atoms with Crippen LogP contribution in [0.4, 0.5) is 4.39 Å². The van der Waals surface area contributed by atoms with Crippen molar-refractivity contribution < 1.29 is 4.39 Å². The van der Waals surface area contributed by atoms with Crippen molar-refractivity contribution in [2.24, 2.45) is 0 Å². The van der Waals surface area contributed by atoms with Crippen molar-refractivity contribution in [3.05, 3.63) is 41.5 Å². The van der Waals surface area contributed by atoms with Crippen LogP contribution < -0.4 is 5.32 Å². The lowest BCUT2D eigenvalue weighted by molar-refractivity contribution is 0.275. The molecule has 1 aliphatic heterocycles. The summed E-state index contributed by atoms with van der Waals surface area (Å²) < 4.78 is 16.6. The van der Waals surface area contributed by atoms with Crippen molar-refractivity contribution >= 4 is 16.7 Å². The summed E-state index contributed by atoms with van der Waals surface area (Å²) in [6.07, 6.45) is 3.75. The van der Waals surface area contributed by atoms with Crippen LogP contribution in [0.1, 0.15) is 37.1 Å². The smallest absolute Gasteiger partial charge is 0.156 e. The Morgan fingerprint density at radius 3 is 2.82 bits per heavy atom. The average Bonchev–Trinajstić information content (AvgIpc) is 3.25. The van der Waals surface area contributed by atoms with Gasteiger partial charge in [0.25, 0.3) is 0 Å². The zero-order valence-electron chi connectivity index (χ0n) is 16.1. The fourth-order valence-corrected chi connectivity index (χ4v) is 4.01. The van der Waals surface area contributed by atoms with Crippen LogP contribution >= 0.6 is 0 Å². The van der Waals surface area contributed by atoms with Gasteiger partial charge in [0.05, 0.1) is 23.6 Å². The molecule has 2 unspecified atom stereocenters. The topological polar surface area (TPSA) is 72.9 Å². The Morgan fingerprint density at radius 1 is 1.14 bits per heavy atom. The lowest BCUT2D eigenvalue weighted by Crippen LogP contribution is -2.37. The van der Waals surface area contributed by atoms with Gasteiger partial charge in [-0.25, -0.2) is 13.9 Å². The quantitative estimate of drug-likeness (QED) is 0.579. The maximum atomic E-state index is 14.8. The first kappa shape index (κ1) is 17.2. The van der Waals surface area contributed by atoms with E-state index in [9.17, 15) is 4.39 Å². The number of piperidine rings is 1. The number of aryl methyl sites for hydroxylation is 2. The van der Waals surface area contributed by atoms with Gasteiger partial charge in [0.2, 0.25) is 0 Å². The first-order chi connectivity index (χ1) is 13.5. The Kier molecular flexibility index (Phi) is 3.90. The third-order valence-corrected chi connectivity index (χ3v) is 5.40. The number of hydrogen-bond donors (Lipinski definition) is 1. The summed E-state index contributed by atoms with van der Waals surface area (Å²) in [6.45, 7) is 6.98. The molecule has 0 saturated carbocycles. The van der Waals surface area contributed by atoms with Crippen LogP contribution in [0.15, 0.2) is 24.4 Å². The highest BCUT2D eigenvalue weighted by molar-refractivity contribution is 5.81. The standard InChI is InChI=1S/C20H22FN7/c1-11-6-17(24-27-10-13(3)23-20(11)27)14-8-16(21)19-18(9-14)25-28(26-19)15-4-5-22-12(2)7-15/h6,8-10,12,15,22H,4-5,7H2,1-3H3. The maximum absolute atomic E-state index is 14.8. The predicted molar refractivity (Wildman–Crippen MR) is 105 cm³/mol. The van der Waals surface area contributed by atoms with Crippen molar-refractivity contribution in [2.45, 2.75) is 45.7 Å². The van der Waals surface area contributed by atoms with Crippen LogP contribution in [0.5, 0.6) is 0 Å². The van der Waals surface area contributed by atoms with Crippen molar-refractivity contribution in [1.82, 2.24) is 34.9 Å². The summed E-state index contributed by atoms with van der Waals surface area (Å²) in [5.41, 5.74) is 4.95. The second-order valence-electron chi connectivity index (χ2n) is 7.74. The molecular formula is C20H22FN7. The molecule has 144 valence electrons. The van der Waals surface area contributed by atoms with E-state index >= 15 is 0 Å². The molecule has 5 rings (SSSR count). The van der Waals surface area contributed by atoms with E-state index in [0.29, 0.717) is 28.3 Å². The molecule has 0 spiro atoms. The lowest BCUT2D eigenvalue weighted by Gasteiger charge is -2.27. The lowest BCUT2D eigenvalue weighted by atomic mass is 10.0. The Labute approximate surface area is 161 Å². The van der Waals surface area contributed by atoms with Gasteiger partial charge in [-0.2, -0.15) is 15.0 Å². The van der Waals surface area contributed by atoms with Crippen LogP contribution in [-0.4, -0.2) is 42.2 Å². The molecular weight excluding hydrogens is 357 g/mol. The van der Waals surface area contributed by atoms with Crippen LogP contribution in [0, 0.1) is 19.7 Å². The van der Waals surface area contributed by atoms with Gasteiger partial charge >= 0.3 is 0 Å². The second kappa shape index (κ2) is 6.34. The van der Waals surface area contributed by atoms with Crippen molar-refractivity contribution in [3.8, 4) is 11.3 Å². The molecule has 7 nitrogen and oxygen atoms in total. The molecule has 4 heterocycles. The van der Waals surface area contributed by atoms with Crippen molar-refractivity contribution in [3.63, 3.8) is 0 Å². The molecule has 1 aromatic carbocycles. The fourth-order valence-electron chi connectivity index (χ4n) is 4.01. The first-order valence-electron chi connectivity index (χ1n) is 9.61. The predicted octanol–water partition coefficient (Wildman–Crippen LogP) is 3.21. The highest BCUT2D eigenvalue weighted by atomic mass is 19.1. The molecule has 3 aromatic heterocycles. The molecule has 4 aromatic rings. The number of nitrogens with zero attached hydrogens (tertiary/aromatic N) is 6. The number of rotatable bonds is 2. The van der Waals surface area contributed by atoms with Crippen LogP contribution in [0.2, 0.25) is 0 Å². The summed E-state index contributed by atoms with van der Waals surface area (Å²) in [5, 5.41) is 17.1. The molecule has 1 fully saturated rings. The highest BCUT2D eigenvalue weighted by Gasteiger charge is 2.23. The Balaban J connectivity index is 1.59. The fraction of sp³-hybridized carbons (Fsp3) is 0.400. The number of hydrogen-bond acceptors (Lipinski definition) is 5. The summed E-state index contributed by atoms with van der Waals surface area (Å²) in [7, 11) is 0. The SMILES string of the molecule is Cc1cn2nc(-c3cc(F)c4nn(C5CCNC(C)C5)nc4c3)cc(C)c2n1. The van der Waals surface area contributed by atoms with Gasteiger partial charge in [0.1, 0.15) is 11.0 Å². The van der Waals surface area contributed by atoms with E-state index in [0.717, 1.165) is 36.3 Å². The monoisotopic (exact) mass is 379 g/mol. The number of aromatic nitrogens is 6. The van der Waals surface area contributed by atoms with Crippen molar-refractivity contribution in [2.75, 3.05) is 6.54 Å². The molecule has 2 atom stereocenters. The zero-order chi connectivity index (χ0) is 19.4. The van der Waals surface area contributed by atoms with Crippen LogP contribution in [0.3, 0.4) is 0 Å². The summed E-state index contributed by atoms with van der Waals surface area (Å²) in [4.78, 5) is 6.16. The van der Waals surface area contributed by atoms with Gasteiger partial charge in [-0.05, 0) is 63.9 Å². The van der Waals surface area contributed by atoms with Crippen LogP contribution in [0.25, 0.3) is 27.9 Å². The molecule has 0 amide bonds. The average molecular weight is 379 g/mol. The molecule has 0 bridgehead atoms. The van der Waals surface area contributed by atoms with E-state index < -0.39 is 0 Å². The van der Waals surface area contributed by atoms with Gasteiger partial charge in [-0.15, -0.1) is 5.10 Å². The van der Waals surface area contributed by atoms with E-state index in [4.69, 9.17) is 0 Å². The third kappa shape index (κ3) is 2.84. The molecule has 1 saturated heterocycles. The van der Waals surface area contributed by atoms with Gasteiger partial charge in [-0.3, -0.25) is 0 Å². The van der Waals surface area contributed by atoms with E-state index in [-0.39, 0.29) is 11.9 Å². The van der Waals surface area contributed by atoms with E-state index in [1.165, 1.54) is 6.07 Å². The Morgan fingerprint density at radius 2 is 2.00 bits per heavy atom. The number of nitrogens with one attached hydrogen (secondary N) is 1. The largest absolute Gasteiger partial charge is 0.314 e. The van der Waals surface area contributed by atoms with E-state index in [1.54, 1.807) is 9.31 Å². The second-order valence-corrected chi connectivity index (χ2v) is 7.74. The normalized spacial score (nSPS) is 20.3. The zero-order valence-corrected chi connectivity index (χ0v) is 16.1. The molecule has 8 heteroatoms. The molecule has 1 N–H and O–H groups in total. The van der Waals surface area contributed by atoms with Gasteiger partial charge < -0.3 is 5.32 Å². The summed E-state index contributed by atoms with van der Waals surface area (Å²) in [6, 6.07) is 5.89. The number of imidazole rings is 1. The highest BCUT2D eigenvalue weighted by Crippen LogP contribution is 2.27. The van der Waals surface area contributed by atoms with Crippen LogP contribution in [-0.2, 0) is 0 Å². The van der Waals surface area contributed by atoms with Gasteiger partial charge in [-0.1, -0.05) is 0 Å². The Hall–Kier alpha value is -2.87. The minimum absolute atomic E-state index is 0.192. The molecule has 0 aliphatic carbocycles. The summed E-state index contributed by atoms with van der Waals surface area (Å²) >= 11 is 0. The number of halogens is 1. The number of fused-ring (bicyclic) bond motifs is 2. The molecule has 28 heavy (non-hydrogen) atoms. The minimum Gasteiger partial charge on any atom is -0.314 e. The molecule has 0 radical (unpaired) electrons. The van der Waals surface area contributed by atoms with Gasteiger partial charge in [0.15, 0.2) is 11.5 Å². The molecule has 1 aliphatic rings.